The molecule has 1 fully saturated rings. The molecule has 1 aromatic carbocycles. The Hall–Kier alpha value is -0.860. The fourth-order valence-corrected chi connectivity index (χ4v) is 2.47. The van der Waals surface area contributed by atoms with Crippen LogP contribution in [0, 0.1) is 5.92 Å². The van der Waals surface area contributed by atoms with Crippen molar-refractivity contribution in [3.05, 3.63) is 35.9 Å². The van der Waals surface area contributed by atoms with Crippen LogP contribution in [0.1, 0.15) is 31.2 Å². The van der Waals surface area contributed by atoms with Crippen LogP contribution in [0.15, 0.2) is 30.3 Å². The highest BCUT2D eigenvalue weighted by Gasteiger charge is 2.22. The fourth-order valence-electron chi connectivity index (χ4n) is 2.47. The van der Waals surface area contributed by atoms with Gasteiger partial charge in [0.2, 0.25) is 0 Å². The van der Waals surface area contributed by atoms with Gasteiger partial charge in [-0.25, -0.2) is 0 Å². The second-order valence-corrected chi connectivity index (χ2v) is 4.73. The van der Waals surface area contributed by atoms with Crippen LogP contribution in [-0.2, 0) is 6.54 Å². The van der Waals surface area contributed by atoms with Crippen LogP contribution in [0.25, 0.3) is 0 Å². The number of aliphatic hydroxyl groups is 1. The summed E-state index contributed by atoms with van der Waals surface area (Å²) >= 11 is 0. The lowest BCUT2D eigenvalue weighted by molar-refractivity contribution is 0.109. The SMILES string of the molecule is OC(CNCc1ccccc1)C1CCCC1. The van der Waals surface area contributed by atoms with Gasteiger partial charge in [0.15, 0.2) is 0 Å². The molecule has 0 heterocycles. The first-order chi connectivity index (χ1) is 7.86. The fraction of sp³-hybridized carbons (Fsp3) is 0.571. The summed E-state index contributed by atoms with van der Waals surface area (Å²) in [6.45, 7) is 1.57. The Bertz CT molecular complexity index is 293. The van der Waals surface area contributed by atoms with Crippen LogP contribution >= 0.6 is 0 Å². The van der Waals surface area contributed by atoms with Crippen molar-refractivity contribution in [1.82, 2.24) is 5.32 Å². The lowest BCUT2D eigenvalue weighted by Gasteiger charge is -2.18. The zero-order valence-electron chi connectivity index (χ0n) is 9.73. The first kappa shape index (κ1) is 11.6. The Morgan fingerprint density at radius 1 is 1.19 bits per heavy atom. The van der Waals surface area contributed by atoms with E-state index in [1.165, 1.54) is 31.2 Å². The number of nitrogens with one attached hydrogen (secondary N) is 1. The van der Waals surface area contributed by atoms with Crippen molar-refractivity contribution in [2.45, 2.75) is 38.3 Å². The summed E-state index contributed by atoms with van der Waals surface area (Å²) in [5.41, 5.74) is 1.28. The van der Waals surface area contributed by atoms with Gasteiger partial charge in [-0.15, -0.1) is 0 Å². The van der Waals surface area contributed by atoms with Gasteiger partial charge in [-0.3, -0.25) is 0 Å². The number of hydrogen-bond donors (Lipinski definition) is 2. The van der Waals surface area contributed by atoms with E-state index in [1.54, 1.807) is 0 Å². The van der Waals surface area contributed by atoms with E-state index in [-0.39, 0.29) is 6.10 Å². The number of rotatable bonds is 5. The van der Waals surface area contributed by atoms with E-state index in [9.17, 15) is 5.11 Å². The zero-order valence-corrected chi connectivity index (χ0v) is 9.73. The summed E-state index contributed by atoms with van der Waals surface area (Å²) in [6, 6.07) is 10.3. The van der Waals surface area contributed by atoms with Crippen LogP contribution in [-0.4, -0.2) is 17.8 Å². The Balaban J connectivity index is 1.67. The summed E-state index contributed by atoms with van der Waals surface area (Å²) in [5.74, 6) is 0.531. The molecular weight excluding hydrogens is 198 g/mol. The van der Waals surface area contributed by atoms with E-state index in [2.05, 4.69) is 17.4 Å². The van der Waals surface area contributed by atoms with Crippen molar-refractivity contribution in [2.24, 2.45) is 5.92 Å². The lowest BCUT2D eigenvalue weighted by Crippen LogP contribution is -2.31. The van der Waals surface area contributed by atoms with E-state index < -0.39 is 0 Å². The third-order valence-electron chi connectivity index (χ3n) is 3.47. The first-order valence-electron chi connectivity index (χ1n) is 6.29. The molecule has 2 heteroatoms. The summed E-state index contributed by atoms with van der Waals surface area (Å²) in [5, 5.41) is 13.3. The molecule has 1 aromatic rings. The molecule has 0 radical (unpaired) electrons. The average molecular weight is 219 g/mol. The summed E-state index contributed by atoms with van der Waals surface area (Å²) in [4.78, 5) is 0. The number of benzene rings is 1. The monoisotopic (exact) mass is 219 g/mol. The van der Waals surface area contributed by atoms with Gasteiger partial charge >= 0.3 is 0 Å². The van der Waals surface area contributed by atoms with Crippen molar-refractivity contribution >= 4 is 0 Å². The van der Waals surface area contributed by atoms with Gasteiger partial charge < -0.3 is 10.4 Å². The summed E-state index contributed by atoms with van der Waals surface area (Å²) < 4.78 is 0. The minimum Gasteiger partial charge on any atom is -0.392 e. The standard InChI is InChI=1S/C14H21NO/c16-14(13-8-4-5-9-13)11-15-10-12-6-2-1-3-7-12/h1-3,6-7,13-16H,4-5,8-11H2. The van der Waals surface area contributed by atoms with E-state index in [4.69, 9.17) is 0 Å². The maximum absolute atomic E-state index is 9.96. The van der Waals surface area contributed by atoms with Crippen LogP contribution in [0.3, 0.4) is 0 Å². The molecule has 1 aliphatic rings. The van der Waals surface area contributed by atoms with Crippen molar-refractivity contribution < 1.29 is 5.11 Å². The largest absolute Gasteiger partial charge is 0.392 e. The molecule has 2 N–H and O–H groups in total. The Morgan fingerprint density at radius 3 is 2.56 bits per heavy atom. The normalized spacial score (nSPS) is 18.8. The predicted molar refractivity (Wildman–Crippen MR) is 66.1 cm³/mol. The van der Waals surface area contributed by atoms with Gasteiger partial charge in [-0.1, -0.05) is 43.2 Å². The topological polar surface area (TPSA) is 32.3 Å². The van der Waals surface area contributed by atoms with E-state index >= 15 is 0 Å². The average Bonchev–Trinajstić information content (AvgIpc) is 2.84. The smallest absolute Gasteiger partial charge is 0.0692 e. The molecule has 0 saturated heterocycles. The molecule has 1 saturated carbocycles. The molecule has 1 unspecified atom stereocenters. The minimum absolute atomic E-state index is 0.161. The molecule has 1 aliphatic carbocycles. The molecule has 0 bridgehead atoms. The Kier molecular flexibility index (Phi) is 4.37. The quantitative estimate of drug-likeness (QED) is 0.796. The molecule has 88 valence electrons. The van der Waals surface area contributed by atoms with E-state index in [1.807, 2.05) is 18.2 Å². The van der Waals surface area contributed by atoms with Gasteiger partial charge in [0.05, 0.1) is 6.10 Å². The van der Waals surface area contributed by atoms with Crippen LogP contribution in [0.4, 0.5) is 0 Å². The summed E-state index contributed by atoms with van der Waals surface area (Å²) in [6.07, 6.45) is 4.83. The van der Waals surface area contributed by atoms with Gasteiger partial charge in [0.25, 0.3) is 0 Å². The molecule has 0 spiro atoms. The maximum Gasteiger partial charge on any atom is 0.0692 e. The lowest BCUT2D eigenvalue weighted by atomic mass is 10.0. The molecule has 1 atom stereocenters. The highest BCUT2D eigenvalue weighted by molar-refractivity contribution is 5.14. The van der Waals surface area contributed by atoms with E-state index in [0.29, 0.717) is 5.92 Å². The summed E-state index contributed by atoms with van der Waals surface area (Å²) in [7, 11) is 0. The van der Waals surface area contributed by atoms with Crippen molar-refractivity contribution in [3.8, 4) is 0 Å². The molecule has 16 heavy (non-hydrogen) atoms. The third kappa shape index (κ3) is 3.32. The minimum atomic E-state index is -0.161. The second-order valence-electron chi connectivity index (χ2n) is 4.73. The molecule has 2 rings (SSSR count). The molecule has 0 aliphatic heterocycles. The Labute approximate surface area is 97.7 Å². The molecule has 2 nitrogen and oxygen atoms in total. The van der Waals surface area contributed by atoms with Crippen LogP contribution in [0.2, 0.25) is 0 Å². The highest BCUT2D eigenvalue weighted by atomic mass is 16.3. The van der Waals surface area contributed by atoms with Gasteiger partial charge in [0.1, 0.15) is 0 Å². The van der Waals surface area contributed by atoms with Gasteiger partial charge in [-0.2, -0.15) is 0 Å². The van der Waals surface area contributed by atoms with Crippen molar-refractivity contribution in [1.29, 1.82) is 0 Å². The maximum atomic E-state index is 9.96. The van der Waals surface area contributed by atoms with Crippen molar-refractivity contribution in [2.75, 3.05) is 6.54 Å². The van der Waals surface area contributed by atoms with Crippen LogP contribution in [0.5, 0.6) is 0 Å². The first-order valence-corrected chi connectivity index (χ1v) is 6.29. The number of aliphatic hydroxyl groups excluding tert-OH is 1. The number of hydrogen-bond acceptors (Lipinski definition) is 2. The predicted octanol–water partition coefficient (Wildman–Crippen LogP) is 2.33. The second kappa shape index (κ2) is 6.02. The van der Waals surface area contributed by atoms with Crippen LogP contribution < -0.4 is 5.32 Å². The van der Waals surface area contributed by atoms with Gasteiger partial charge in [-0.05, 0) is 24.3 Å². The van der Waals surface area contributed by atoms with E-state index in [0.717, 1.165) is 13.1 Å². The third-order valence-corrected chi connectivity index (χ3v) is 3.47. The molecule has 0 amide bonds. The van der Waals surface area contributed by atoms with Crippen molar-refractivity contribution in [3.63, 3.8) is 0 Å². The Morgan fingerprint density at radius 2 is 1.88 bits per heavy atom. The zero-order chi connectivity index (χ0) is 11.2. The molecule has 0 aromatic heterocycles. The highest BCUT2D eigenvalue weighted by Crippen LogP contribution is 2.27. The molecular formula is C14H21NO. The van der Waals surface area contributed by atoms with Gasteiger partial charge in [0, 0.05) is 13.1 Å².